The molecule has 3 aromatic carbocycles. The Balaban J connectivity index is 1.65. The van der Waals surface area contributed by atoms with Crippen LogP contribution in [0.1, 0.15) is 23.6 Å². The third-order valence-electron chi connectivity index (χ3n) is 5.97. The standard InChI is InChI=1S/C29H34F2N2O5/c1-4-19-6-5-7-20(8-19)16-32-17-28(34)27(11-21-9-22(30)12-23(31)10-21)33-29(35)18-38-26-14-24(36-2)13-25(15-26)37-3/h5-10,12-15,27-28,32,34H,4,11,16-18H2,1-3H3,(H,33,35)/t27-,28-/m0/s1. The fourth-order valence-electron chi connectivity index (χ4n) is 3.99. The lowest BCUT2D eigenvalue weighted by Gasteiger charge is -2.25. The first-order valence-electron chi connectivity index (χ1n) is 12.4. The van der Waals surface area contributed by atoms with E-state index in [4.69, 9.17) is 14.2 Å². The van der Waals surface area contributed by atoms with Crippen molar-refractivity contribution in [2.75, 3.05) is 27.4 Å². The van der Waals surface area contributed by atoms with Crippen molar-refractivity contribution >= 4 is 5.91 Å². The molecule has 0 aromatic heterocycles. The van der Waals surface area contributed by atoms with Crippen molar-refractivity contribution in [3.8, 4) is 17.2 Å². The molecule has 9 heteroatoms. The van der Waals surface area contributed by atoms with Crippen LogP contribution in [0.25, 0.3) is 0 Å². The molecule has 3 rings (SSSR count). The van der Waals surface area contributed by atoms with Crippen molar-refractivity contribution in [1.29, 1.82) is 0 Å². The number of amides is 1. The van der Waals surface area contributed by atoms with E-state index < -0.39 is 29.7 Å². The van der Waals surface area contributed by atoms with Crippen LogP contribution in [-0.2, 0) is 24.2 Å². The number of aryl methyl sites for hydroxylation is 1. The summed E-state index contributed by atoms with van der Waals surface area (Å²) in [4.78, 5) is 12.8. The van der Waals surface area contributed by atoms with E-state index in [-0.39, 0.29) is 19.6 Å². The lowest BCUT2D eigenvalue weighted by Crippen LogP contribution is -2.49. The Hall–Kier alpha value is -3.69. The second kappa shape index (κ2) is 14.3. The maximum absolute atomic E-state index is 13.8. The number of benzene rings is 3. The van der Waals surface area contributed by atoms with E-state index in [0.717, 1.165) is 18.1 Å². The van der Waals surface area contributed by atoms with Gasteiger partial charge in [0.05, 0.1) is 26.4 Å². The predicted molar refractivity (Wildman–Crippen MR) is 141 cm³/mol. The number of aliphatic hydroxyl groups is 1. The molecule has 0 heterocycles. The fourth-order valence-corrected chi connectivity index (χ4v) is 3.99. The Morgan fingerprint density at radius 3 is 2.16 bits per heavy atom. The number of rotatable bonds is 14. The van der Waals surface area contributed by atoms with E-state index in [9.17, 15) is 18.7 Å². The van der Waals surface area contributed by atoms with Crippen LogP contribution >= 0.6 is 0 Å². The number of aliphatic hydroxyl groups excluding tert-OH is 1. The molecule has 0 fully saturated rings. The van der Waals surface area contributed by atoms with Crippen molar-refractivity contribution < 1.29 is 32.9 Å². The van der Waals surface area contributed by atoms with Gasteiger partial charge in [-0.05, 0) is 41.7 Å². The van der Waals surface area contributed by atoms with Gasteiger partial charge in [0, 0.05) is 37.4 Å². The van der Waals surface area contributed by atoms with Crippen LogP contribution in [0.3, 0.4) is 0 Å². The first-order valence-corrected chi connectivity index (χ1v) is 12.4. The minimum atomic E-state index is -1.04. The molecule has 38 heavy (non-hydrogen) atoms. The van der Waals surface area contributed by atoms with Gasteiger partial charge >= 0.3 is 0 Å². The normalized spacial score (nSPS) is 12.5. The van der Waals surface area contributed by atoms with Gasteiger partial charge in [-0.3, -0.25) is 4.79 Å². The highest BCUT2D eigenvalue weighted by Gasteiger charge is 2.23. The predicted octanol–water partition coefficient (Wildman–Crippen LogP) is 3.80. The largest absolute Gasteiger partial charge is 0.496 e. The Labute approximate surface area is 221 Å². The topological polar surface area (TPSA) is 89.1 Å². The maximum atomic E-state index is 13.8. The van der Waals surface area contributed by atoms with Gasteiger partial charge < -0.3 is 30.0 Å². The molecule has 0 spiro atoms. The van der Waals surface area contributed by atoms with Crippen LogP contribution in [0.2, 0.25) is 0 Å². The zero-order valence-electron chi connectivity index (χ0n) is 21.8. The Kier molecular flexibility index (Phi) is 10.9. The monoisotopic (exact) mass is 528 g/mol. The minimum absolute atomic E-state index is 0.0154. The van der Waals surface area contributed by atoms with Crippen LogP contribution in [0, 0.1) is 11.6 Å². The van der Waals surface area contributed by atoms with Gasteiger partial charge in [-0.1, -0.05) is 31.2 Å². The van der Waals surface area contributed by atoms with Gasteiger partial charge in [0.25, 0.3) is 5.91 Å². The second-order valence-electron chi connectivity index (χ2n) is 8.86. The molecule has 0 radical (unpaired) electrons. The van der Waals surface area contributed by atoms with Crippen molar-refractivity contribution in [2.24, 2.45) is 0 Å². The van der Waals surface area contributed by atoms with E-state index in [0.29, 0.717) is 29.4 Å². The molecular weight excluding hydrogens is 494 g/mol. The van der Waals surface area contributed by atoms with Gasteiger partial charge in [0.15, 0.2) is 6.61 Å². The van der Waals surface area contributed by atoms with E-state index in [1.54, 1.807) is 18.2 Å². The molecule has 1 amide bonds. The minimum Gasteiger partial charge on any atom is -0.496 e. The Morgan fingerprint density at radius 2 is 1.53 bits per heavy atom. The van der Waals surface area contributed by atoms with Crippen molar-refractivity contribution in [3.05, 3.63) is 89.0 Å². The molecule has 3 aromatic rings. The number of hydrogen-bond acceptors (Lipinski definition) is 6. The molecule has 0 aliphatic heterocycles. The Morgan fingerprint density at radius 1 is 0.895 bits per heavy atom. The van der Waals surface area contributed by atoms with Gasteiger partial charge in [0.2, 0.25) is 0 Å². The molecule has 0 aliphatic rings. The number of methoxy groups -OCH3 is 2. The van der Waals surface area contributed by atoms with Gasteiger partial charge in [-0.15, -0.1) is 0 Å². The first kappa shape index (κ1) is 28.9. The van der Waals surface area contributed by atoms with E-state index >= 15 is 0 Å². The molecule has 0 bridgehead atoms. The Bertz CT molecular complexity index is 1160. The molecule has 2 atom stereocenters. The fraction of sp³-hybridized carbons (Fsp3) is 0.345. The van der Waals surface area contributed by atoms with Crippen LogP contribution in [0.5, 0.6) is 17.2 Å². The highest BCUT2D eigenvalue weighted by molar-refractivity contribution is 5.78. The van der Waals surface area contributed by atoms with Crippen molar-refractivity contribution in [1.82, 2.24) is 10.6 Å². The van der Waals surface area contributed by atoms with Gasteiger partial charge in [-0.2, -0.15) is 0 Å². The molecule has 3 N–H and O–H groups in total. The van der Waals surface area contributed by atoms with Crippen LogP contribution in [0.4, 0.5) is 8.78 Å². The summed E-state index contributed by atoms with van der Waals surface area (Å²) in [6.45, 7) is 2.38. The third kappa shape index (κ3) is 9.00. The summed E-state index contributed by atoms with van der Waals surface area (Å²) in [5.41, 5.74) is 2.57. The number of ether oxygens (including phenoxy) is 3. The zero-order chi connectivity index (χ0) is 27.5. The number of hydrogen-bond donors (Lipinski definition) is 3. The van der Waals surface area contributed by atoms with Crippen LogP contribution < -0.4 is 24.8 Å². The lowest BCUT2D eigenvalue weighted by atomic mass is 10.0. The zero-order valence-corrected chi connectivity index (χ0v) is 21.8. The molecule has 0 saturated carbocycles. The average molecular weight is 529 g/mol. The third-order valence-corrected chi connectivity index (χ3v) is 5.97. The summed E-state index contributed by atoms with van der Waals surface area (Å²) in [5, 5.41) is 16.8. The van der Waals surface area contributed by atoms with Crippen LogP contribution in [0.15, 0.2) is 60.7 Å². The lowest BCUT2D eigenvalue weighted by molar-refractivity contribution is -0.124. The average Bonchev–Trinajstić information content (AvgIpc) is 2.90. The summed E-state index contributed by atoms with van der Waals surface area (Å²) >= 11 is 0. The highest BCUT2D eigenvalue weighted by atomic mass is 19.1. The van der Waals surface area contributed by atoms with Crippen molar-refractivity contribution in [3.63, 3.8) is 0 Å². The van der Waals surface area contributed by atoms with E-state index in [1.165, 1.54) is 31.9 Å². The maximum Gasteiger partial charge on any atom is 0.258 e. The van der Waals surface area contributed by atoms with E-state index in [1.807, 2.05) is 18.2 Å². The highest BCUT2D eigenvalue weighted by Crippen LogP contribution is 2.27. The number of halogens is 2. The molecule has 7 nitrogen and oxygen atoms in total. The van der Waals surface area contributed by atoms with E-state index in [2.05, 4.69) is 23.6 Å². The quantitative estimate of drug-likeness (QED) is 0.295. The second-order valence-corrected chi connectivity index (χ2v) is 8.86. The number of nitrogens with one attached hydrogen (secondary N) is 2. The van der Waals surface area contributed by atoms with Crippen molar-refractivity contribution in [2.45, 2.75) is 38.5 Å². The summed E-state index contributed by atoms with van der Waals surface area (Å²) < 4.78 is 43.6. The number of carbonyl (C=O) groups is 1. The SMILES string of the molecule is CCc1cccc(CNC[C@H](O)[C@H](Cc2cc(F)cc(F)c2)NC(=O)COc2cc(OC)cc(OC)c2)c1. The van der Waals surface area contributed by atoms with Gasteiger partial charge in [-0.25, -0.2) is 8.78 Å². The molecule has 204 valence electrons. The smallest absolute Gasteiger partial charge is 0.258 e. The summed E-state index contributed by atoms with van der Waals surface area (Å²) in [7, 11) is 3.00. The summed E-state index contributed by atoms with van der Waals surface area (Å²) in [6, 6.07) is 15.3. The van der Waals surface area contributed by atoms with Gasteiger partial charge in [0.1, 0.15) is 28.9 Å². The molecule has 0 saturated heterocycles. The molecular formula is C29H34F2N2O5. The molecule has 0 unspecified atom stereocenters. The summed E-state index contributed by atoms with van der Waals surface area (Å²) in [6.07, 6.45) is -0.113. The first-order chi connectivity index (χ1) is 18.3. The van der Waals surface area contributed by atoms with Crippen LogP contribution in [-0.4, -0.2) is 50.5 Å². The summed E-state index contributed by atoms with van der Waals surface area (Å²) in [5.74, 6) is -0.624. The molecule has 0 aliphatic carbocycles. The number of carbonyl (C=O) groups excluding carboxylic acids is 1.